The van der Waals surface area contributed by atoms with Crippen molar-refractivity contribution in [2.45, 2.75) is 32.7 Å². The van der Waals surface area contributed by atoms with E-state index in [2.05, 4.69) is 15.3 Å². The van der Waals surface area contributed by atoms with Gasteiger partial charge in [-0.3, -0.25) is 13.9 Å². The highest BCUT2D eigenvalue weighted by molar-refractivity contribution is 5.72. The molecule has 8 nitrogen and oxygen atoms in total. The fraction of sp³-hybridized carbons (Fsp3) is 0.615. The lowest BCUT2D eigenvalue weighted by Gasteiger charge is -2.07. The quantitative estimate of drug-likeness (QED) is 0.624. The summed E-state index contributed by atoms with van der Waals surface area (Å²) < 4.78 is 2.61. The molecule has 2 aromatic rings. The van der Waals surface area contributed by atoms with Gasteiger partial charge in [0.1, 0.15) is 0 Å². The van der Waals surface area contributed by atoms with Gasteiger partial charge in [-0.1, -0.05) is 13.3 Å². The predicted octanol–water partition coefficient (Wildman–Crippen LogP) is 0.0177. The van der Waals surface area contributed by atoms with Crippen molar-refractivity contribution in [1.82, 2.24) is 19.1 Å². The van der Waals surface area contributed by atoms with Crippen LogP contribution in [0.2, 0.25) is 0 Å². The van der Waals surface area contributed by atoms with Crippen LogP contribution in [0.4, 0.5) is 5.95 Å². The molecule has 0 atom stereocenters. The van der Waals surface area contributed by atoms with Crippen LogP contribution in [0, 0.1) is 0 Å². The largest absolute Gasteiger partial charge is 0.396 e. The summed E-state index contributed by atoms with van der Waals surface area (Å²) in [4.78, 5) is 31.5. The second-order valence-electron chi connectivity index (χ2n) is 4.94. The van der Waals surface area contributed by atoms with E-state index in [-0.39, 0.29) is 17.9 Å². The molecule has 116 valence electrons. The van der Waals surface area contributed by atoms with Gasteiger partial charge in [-0.15, -0.1) is 0 Å². The molecule has 8 heteroatoms. The Morgan fingerprint density at radius 3 is 2.76 bits per heavy atom. The molecule has 0 aliphatic rings. The van der Waals surface area contributed by atoms with Crippen LogP contribution >= 0.6 is 0 Å². The highest BCUT2D eigenvalue weighted by atomic mass is 16.3. The molecule has 0 saturated heterocycles. The maximum atomic E-state index is 12.2. The second-order valence-corrected chi connectivity index (χ2v) is 4.94. The van der Waals surface area contributed by atoms with Gasteiger partial charge in [-0.05, 0) is 12.8 Å². The molecule has 3 N–H and O–H groups in total. The highest BCUT2D eigenvalue weighted by Gasteiger charge is 2.15. The van der Waals surface area contributed by atoms with Crippen LogP contribution in [0.1, 0.15) is 26.2 Å². The molecule has 0 unspecified atom stereocenters. The molecule has 0 aliphatic heterocycles. The Morgan fingerprint density at radius 2 is 2.10 bits per heavy atom. The molecule has 0 amide bonds. The molecule has 0 spiro atoms. The fourth-order valence-electron chi connectivity index (χ4n) is 2.12. The van der Waals surface area contributed by atoms with Gasteiger partial charge in [0.2, 0.25) is 5.95 Å². The Bertz CT molecular complexity index is 728. The Labute approximate surface area is 121 Å². The third-order valence-corrected chi connectivity index (χ3v) is 3.34. The first kappa shape index (κ1) is 15.3. The first-order chi connectivity index (χ1) is 10.1. The van der Waals surface area contributed by atoms with Gasteiger partial charge in [0.15, 0.2) is 11.2 Å². The van der Waals surface area contributed by atoms with E-state index >= 15 is 0 Å². The Morgan fingerprint density at radius 1 is 1.33 bits per heavy atom. The molecule has 0 radical (unpaired) electrons. The van der Waals surface area contributed by atoms with Crippen molar-refractivity contribution in [2.24, 2.45) is 7.05 Å². The fourth-order valence-corrected chi connectivity index (χ4v) is 2.12. The summed E-state index contributed by atoms with van der Waals surface area (Å²) in [5, 5.41) is 11.8. The van der Waals surface area contributed by atoms with Gasteiger partial charge in [-0.25, -0.2) is 4.79 Å². The number of imidazole rings is 1. The predicted molar refractivity (Wildman–Crippen MR) is 80.7 cm³/mol. The maximum Gasteiger partial charge on any atom is 0.332 e. The standard InChI is InChI=1S/C13H21N5O3/c1-3-4-7-18-10-9(11(20)17(2)13(18)21)15-12(16-10)14-6-5-8-19/h19H,3-8H2,1-2H3,(H2,14,15,16). The van der Waals surface area contributed by atoms with E-state index in [1.807, 2.05) is 6.92 Å². The molecule has 2 aromatic heterocycles. The number of hydrogen-bond donors (Lipinski definition) is 3. The third-order valence-electron chi connectivity index (χ3n) is 3.34. The summed E-state index contributed by atoms with van der Waals surface area (Å²) in [7, 11) is 1.46. The molecule has 2 heterocycles. The lowest BCUT2D eigenvalue weighted by Crippen LogP contribution is -2.38. The zero-order chi connectivity index (χ0) is 15.4. The van der Waals surface area contributed by atoms with Crippen molar-refractivity contribution >= 4 is 17.1 Å². The molecular weight excluding hydrogens is 274 g/mol. The summed E-state index contributed by atoms with van der Waals surface area (Å²) in [6, 6.07) is 0. The van der Waals surface area contributed by atoms with Gasteiger partial charge in [0, 0.05) is 26.7 Å². The van der Waals surface area contributed by atoms with E-state index in [9.17, 15) is 9.59 Å². The van der Waals surface area contributed by atoms with Crippen LogP contribution in [0.5, 0.6) is 0 Å². The first-order valence-corrected chi connectivity index (χ1v) is 7.14. The number of aromatic amines is 1. The minimum Gasteiger partial charge on any atom is -0.396 e. The maximum absolute atomic E-state index is 12.2. The van der Waals surface area contributed by atoms with Gasteiger partial charge < -0.3 is 15.4 Å². The number of fused-ring (bicyclic) bond motifs is 1. The van der Waals surface area contributed by atoms with Crippen LogP contribution in [-0.4, -0.2) is 37.4 Å². The van der Waals surface area contributed by atoms with Crippen LogP contribution in [0.25, 0.3) is 11.2 Å². The number of nitrogens with zero attached hydrogens (tertiary/aromatic N) is 3. The minimum atomic E-state index is -0.384. The smallest absolute Gasteiger partial charge is 0.332 e. The first-order valence-electron chi connectivity index (χ1n) is 7.14. The number of aromatic nitrogens is 4. The average molecular weight is 295 g/mol. The second kappa shape index (κ2) is 6.57. The summed E-state index contributed by atoms with van der Waals surface area (Å²) in [5.74, 6) is 0.436. The number of aryl methyl sites for hydroxylation is 1. The Hall–Kier alpha value is -2.09. The van der Waals surface area contributed by atoms with E-state index in [1.54, 1.807) is 0 Å². The average Bonchev–Trinajstić information content (AvgIpc) is 2.89. The molecule has 0 saturated carbocycles. The van der Waals surface area contributed by atoms with Gasteiger partial charge >= 0.3 is 5.69 Å². The normalized spacial score (nSPS) is 11.2. The van der Waals surface area contributed by atoms with Crippen molar-refractivity contribution in [3.63, 3.8) is 0 Å². The lowest BCUT2D eigenvalue weighted by molar-refractivity contribution is 0.292. The van der Waals surface area contributed by atoms with Crippen LogP contribution in [-0.2, 0) is 13.6 Å². The van der Waals surface area contributed by atoms with Crippen molar-refractivity contribution in [2.75, 3.05) is 18.5 Å². The summed E-state index contributed by atoms with van der Waals surface area (Å²) in [6.45, 7) is 3.18. The van der Waals surface area contributed by atoms with Gasteiger partial charge in [0.05, 0.1) is 0 Å². The van der Waals surface area contributed by atoms with Crippen LogP contribution in [0.3, 0.4) is 0 Å². The van der Waals surface area contributed by atoms with Crippen LogP contribution < -0.4 is 16.6 Å². The zero-order valence-electron chi connectivity index (χ0n) is 12.3. The van der Waals surface area contributed by atoms with E-state index in [0.717, 1.165) is 17.4 Å². The molecule has 0 bridgehead atoms. The molecule has 21 heavy (non-hydrogen) atoms. The third kappa shape index (κ3) is 2.99. The highest BCUT2D eigenvalue weighted by Crippen LogP contribution is 2.10. The van der Waals surface area contributed by atoms with E-state index in [1.165, 1.54) is 11.6 Å². The van der Waals surface area contributed by atoms with Crippen molar-refractivity contribution in [3.8, 4) is 0 Å². The SMILES string of the molecule is CCCCn1c(=O)n(C)c(=O)c2[nH]c(NCCCO)nc21. The molecule has 2 rings (SSSR count). The molecule has 0 fully saturated rings. The Balaban J connectivity index is 2.49. The number of unbranched alkanes of at least 4 members (excludes halogenated alkanes) is 1. The number of anilines is 1. The number of hydrogen-bond acceptors (Lipinski definition) is 5. The zero-order valence-corrected chi connectivity index (χ0v) is 12.3. The van der Waals surface area contributed by atoms with Crippen molar-refractivity contribution < 1.29 is 5.11 Å². The van der Waals surface area contributed by atoms with Crippen molar-refractivity contribution in [1.29, 1.82) is 0 Å². The van der Waals surface area contributed by atoms with Gasteiger partial charge in [0.25, 0.3) is 5.56 Å². The monoisotopic (exact) mass is 295 g/mol. The minimum absolute atomic E-state index is 0.0796. The molecular formula is C13H21N5O3. The number of rotatable bonds is 7. The Kier molecular flexibility index (Phi) is 4.79. The van der Waals surface area contributed by atoms with Gasteiger partial charge in [-0.2, -0.15) is 4.98 Å². The lowest BCUT2D eigenvalue weighted by atomic mass is 10.3. The molecule has 0 aliphatic carbocycles. The summed E-state index contributed by atoms with van der Waals surface area (Å²) in [6.07, 6.45) is 2.37. The molecule has 0 aromatic carbocycles. The van der Waals surface area contributed by atoms with E-state index in [4.69, 9.17) is 5.11 Å². The number of H-pyrrole nitrogens is 1. The summed E-state index contributed by atoms with van der Waals surface area (Å²) in [5.41, 5.74) is -0.0393. The van der Waals surface area contributed by atoms with Crippen LogP contribution in [0.15, 0.2) is 9.59 Å². The topological polar surface area (TPSA) is 105 Å². The summed E-state index contributed by atoms with van der Waals surface area (Å²) >= 11 is 0. The van der Waals surface area contributed by atoms with E-state index in [0.29, 0.717) is 36.6 Å². The number of nitrogens with one attached hydrogen (secondary N) is 2. The number of aliphatic hydroxyl groups excluding tert-OH is 1. The van der Waals surface area contributed by atoms with Crippen molar-refractivity contribution in [3.05, 3.63) is 20.8 Å². The van der Waals surface area contributed by atoms with E-state index < -0.39 is 0 Å². The number of aliphatic hydroxyl groups is 1.